The lowest BCUT2D eigenvalue weighted by atomic mass is 9.59. The molecular formula is C23H23F2N3O8. The van der Waals surface area contributed by atoms with Crippen LogP contribution in [0.2, 0.25) is 0 Å². The Morgan fingerprint density at radius 2 is 1.89 bits per heavy atom. The second kappa shape index (κ2) is 8.99. The standard InChI is InChI=1S/C23H23F2N3O8/c24-1-2-27-7-14(30)28-12-6-11(25)10-4-8-3-9-5-13(29)17(22(26)35)21(34)23(9,36)20(33)15(8)19(32)16(10)18(12)31/h6,8-9,27,31-32,34,36H,1-5,7H2,(H2,26,35)(H,28,30)/t8?,9-,23-/m0/s1. The van der Waals surface area contributed by atoms with Crippen molar-refractivity contribution in [3.63, 3.8) is 0 Å². The number of rotatable bonds is 6. The van der Waals surface area contributed by atoms with Gasteiger partial charge in [-0.1, -0.05) is 0 Å². The number of amides is 2. The average molecular weight is 507 g/mol. The molecule has 3 atom stereocenters. The number of phenols is 1. The number of aliphatic hydroxyl groups is 3. The number of fused-ring (bicyclic) bond motifs is 3. The van der Waals surface area contributed by atoms with Crippen LogP contribution >= 0.6 is 0 Å². The fourth-order valence-electron chi connectivity index (χ4n) is 5.20. The first kappa shape index (κ1) is 25.3. The molecule has 192 valence electrons. The van der Waals surface area contributed by atoms with Gasteiger partial charge in [0.15, 0.2) is 17.1 Å². The SMILES string of the molecule is NC(=O)C1=C(O)[C@@]2(O)C(=O)C3=C(O)c4c(O)c(NC(=O)CNCCF)cc(F)c4CC3C[C@H]2CC1=O. The maximum Gasteiger partial charge on any atom is 0.255 e. The van der Waals surface area contributed by atoms with Gasteiger partial charge in [-0.3, -0.25) is 19.2 Å². The van der Waals surface area contributed by atoms with Crippen molar-refractivity contribution < 1.29 is 48.4 Å². The highest BCUT2D eigenvalue weighted by Gasteiger charge is 2.60. The lowest BCUT2D eigenvalue weighted by Gasteiger charge is -2.46. The minimum absolute atomic E-state index is 0.109. The van der Waals surface area contributed by atoms with Crippen molar-refractivity contribution in [1.82, 2.24) is 5.32 Å². The van der Waals surface area contributed by atoms with E-state index in [9.17, 15) is 44.0 Å². The summed E-state index contributed by atoms with van der Waals surface area (Å²) in [6.07, 6.45) is -0.834. The van der Waals surface area contributed by atoms with Gasteiger partial charge in [0.1, 0.15) is 29.6 Å². The molecule has 4 rings (SSSR count). The number of aromatic hydroxyl groups is 1. The second-order valence-corrected chi connectivity index (χ2v) is 8.93. The summed E-state index contributed by atoms with van der Waals surface area (Å²) < 4.78 is 27.2. The maximum atomic E-state index is 15.0. The predicted octanol–water partition coefficient (Wildman–Crippen LogP) is 0.0606. The maximum absolute atomic E-state index is 15.0. The largest absolute Gasteiger partial charge is 0.508 e. The Kier molecular flexibility index (Phi) is 6.31. The third-order valence-corrected chi connectivity index (χ3v) is 6.84. The number of halogens is 2. The number of anilines is 1. The minimum Gasteiger partial charge on any atom is -0.508 e. The molecule has 36 heavy (non-hydrogen) atoms. The smallest absolute Gasteiger partial charge is 0.255 e. The molecule has 13 heteroatoms. The molecule has 1 unspecified atom stereocenters. The van der Waals surface area contributed by atoms with Crippen LogP contribution in [-0.4, -0.2) is 69.2 Å². The van der Waals surface area contributed by atoms with E-state index in [1.54, 1.807) is 0 Å². The number of benzene rings is 1. The normalized spacial score (nSPS) is 25.3. The first-order valence-electron chi connectivity index (χ1n) is 11.0. The number of nitrogens with one attached hydrogen (secondary N) is 2. The van der Waals surface area contributed by atoms with E-state index >= 15 is 4.39 Å². The lowest BCUT2D eigenvalue weighted by Crippen LogP contribution is -2.58. The molecular weight excluding hydrogens is 484 g/mol. The highest BCUT2D eigenvalue weighted by molar-refractivity contribution is 6.22. The highest BCUT2D eigenvalue weighted by Crippen LogP contribution is 2.52. The van der Waals surface area contributed by atoms with E-state index in [0.717, 1.165) is 6.07 Å². The number of phenolic OH excluding ortho intramolecular Hbond substituents is 1. The van der Waals surface area contributed by atoms with Gasteiger partial charge in [-0.2, -0.15) is 0 Å². The number of primary amides is 1. The number of Topliss-reactive ketones (excluding diaryl/α,β-unsaturated/α-hetero) is 2. The first-order chi connectivity index (χ1) is 16.9. The highest BCUT2D eigenvalue weighted by atomic mass is 19.1. The molecule has 0 spiro atoms. The molecule has 0 saturated heterocycles. The van der Waals surface area contributed by atoms with Crippen LogP contribution in [0.25, 0.3) is 5.76 Å². The van der Waals surface area contributed by atoms with E-state index in [-0.39, 0.29) is 31.5 Å². The first-order valence-corrected chi connectivity index (χ1v) is 11.0. The Hall–Kier alpha value is -3.84. The Labute approximate surface area is 202 Å². The van der Waals surface area contributed by atoms with Gasteiger partial charge < -0.3 is 36.8 Å². The molecule has 0 heterocycles. The number of ketones is 2. The van der Waals surface area contributed by atoms with Crippen LogP contribution in [-0.2, 0) is 25.6 Å². The monoisotopic (exact) mass is 507 g/mol. The van der Waals surface area contributed by atoms with E-state index in [4.69, 9.17) is 5.73 Å². The Morgan fingerprint density at radius 3 is 2.53 bits per heavy atom. The van der Waals surface area contributed by atoms with Crippen LogP contribution in [0.15, 0.2) is 23.0 Å². The van der Waals surface area contributed by atoms with Crippen LogP contribution in [0.3, 0.4) is 0 Å². The molecule has 1 aromatic carbocycles. The third kappa shape index (κ3) is 3.71. The molecule has 0 aromatic heterocycles. The zero-order valence-corrected chi connectivity index (χ0v) is 18.7. The topological polar surface area (TPSA) is 199 Å². The molecule has 11 nitrogen and oxygen atoms in total. The average Bonchev–Trinajstić information content (AvgIpc) is 2.79. The van der Waals surface area contributed by atoms with Crippen LogP contribution in [0.5, 0.6) is 5.75 Å². The van der Waals surface area contributed by atoms with Gasteiger partial charge in [0.25, 0.3) is 5.91 Å². The summed E-state index contributed by atoms with van der Waals surface area (Å²) in [5, 5.41) is 48.1. The van der Waals surface area contributed by atoms with Gasteiger partial charge in [0.05, 0.1) is 17.8 Å². The number of alkyl halides is 1. The Bertz CT molecular complexity index is 1270. The zero-order valence-electron chi connectivity index (χ0n) is 18.7. The number of aliphatic hydroxyl groups excluding tert-OH is 2. The number of hydrogen-bond donors (Lipinski definition) is 7. The van der Waals surface area contributed by atoms with Crippen LogP contribution < -0.4 is 16.4 Å². The van der Waals surface area contributed by atoms with Crippen molar-refractivity contribution in [2.24, 2.45) is 17.6 Å². The van der Waals surface area contributed by atoms with Crippen molar-refractivity contribution >= 4 is 34.8 Å². The van der Waals surface area contributed by atoms with Gasteiger partial charge in [-0.05, 0) is 18.8 Å². The van der Waals surface area contributed by atoms with Crippen molar-refractivity contribution in [2.75, 3.05) is 25.1 Å². The molecule has 3 aliphatic rings. The molecule has 3 aliphatic carbocycles. The van der Waals surface area contributed by atoms with Crippen molar-refractivity contribution in [2.45, 2.75) is 24.9 Å². The number of nitrogens with two attached hydrogens (primary N) is 1. The molecule has 1 saturated carbocycles. The summed E-state index contributed by atoms with van der Waals surface area (Å²) in [5.74, 6) is -9.99. The summed E-state index contributed by atoms with van der Waals surface area (Å²) in [6, 6.07) is 0.832. The minimum atomic E-state index is -2.74. The molecule has 2 amide bonds. The van der Waals surface area contributed by atoms with E-state index < -0.39 is 99.4 Å². The van der Waals surface area contributed by atoms with Crippen LogP contribution in [0.1, 0.15) is 24.0 Å². The van der Waals surface area contributed by atoms with Gasteiger partial charge in [-0.25, -0.2) is 8.78 Å². The van der Waals surface area contributed by atoms with E-state index in [1.807, 2.05) is 0 Å². The summed E-state index contributed by atoms with van der Waals surface area (Å²) in [4.78, 5) is 49.5. The summed E-state index contributed by atoms with van der Waals surface area (Å²) >= 11 is 0. The van der Waals surface area contributed by atoms with Gasteiger partial charge >= 0.3 is 0 Å². The van der Waals surface area contributed by atoms with Crippen molar-refractivity contribution in [3.05, 3.63) is 39.9 Å². The van der Waals surface area contributed by atoms with Gasteiger partial charge in [0.2, 0.25) is 11.7 Å². The summed E-state index contributed by atoms with van der Waals surface area (Å²) in [6.45, 7) is -1.19. The molecule has 1 aromatic rings. The summed E-state index contributed by atoms with van der Waals surface area (Å²) in [5.41, 5.74) is -0.0386. The second-order valence-electron chi connectivity index (χ2n) is 8.93. The van der Waals surface area contributed by atoms with Crippen molar-refractivity contribution in [3.8, 4) is 5.75 Å². The van der Waals surface area contributed by atoms with Gasteiger partial charge in [-0.15, -0.1) is 0 Å². The quantitative estimate of drug-likeness (QED) is 0.158. The number of carbonyl (C=O) groups is 4. The number of carbonyl (C=O) groups excluding carboxylic acids is 4. The fraction of sp³-hybridized carbons (Fsp3) is 0.391. The molecule has 1 fully saturated rings. The van der Waals surface area contributed by atoms with E-state index in [2.05, 4.69) is 10.6 Å². The zero-order chi connectivity index (χ0) is 26.5. The van der Waals surface area contributed by atoms with Crippen LogP contribution in [0.4, 0.5) is 14.5 Å². The molecule has 0 aliphatic heterocycles. The van der Waals surface area contributed by atoms with E-state index in [0.29, 0.717) is 0 Å². The molecule has 0 radical (unpaired) electrons. The number of hydrogen-bond acceptors (Lipinski definition) is 9. The fourth-order valence-corrected chi connectivity index (χ4v) is 5.20. The van der Waals surface area contributed by atoms with Crippen molar-refractivity contribution in [1.29, 1.82) is 0 Å². The molecule has 0 bridgehead atoms. The molecule has 8 N–H and O–H groups in total. The third-order valence-electron chi connectivity index (χ3n) is 6.84. The predicted molar refractivity (Wildman–Crippen MR) is 119 cm³/mol. The summed E-state index contributed by atoms with van der Waals surface area (Å²) in [7, 11) is 0. The van der Waals surface area contributed by atoms with E-state index in [1.165, 1.54) is 0 Å². The lowest BCUT2D eigenvalue weighted by molar-refractivity contribution is -0.147. The van der Waals surface area contributed by atoms with Gasteiger partial charge in [0, 0.05) is 36.1 Å². The Balaban J connectivity index is 1.79. The Morgan fingerprint density at radius 1 is 1.19 bits per heavy atom. The van der Waals surface area contributed by atoms with Crippen LogP contribution in [0, 0.1) is 17.7 Å².